The van der Waals surface area contributed by atoms with E-state index in [9.17, 15) is 18.4 Å². The molecule has 0 bridgehead atoms. The summed E-state index contributed by atoms with van der Waals surface area (Å²) in [4.78, 5) is 30.8. The third kappa shape index (κ3) is 6.85. The van der Waals surface area contributed by atoms with Gasteiger partial charge in [0.1, 0.15) is 0 Å². The number of allylic oxidation sites excluding steroid dienone is 1. The first kappa shape index (κ1) is 27.9. The summed E-state index contributed by atoms with van der Waals surface area (Å²) in [5.74, 6) is -0.198. The molecule has 0 aliphatic carbocycles. The number of rotatable bonds is 7. The smallest absolute Gasteiger partial charge is 0.253 e. The summed E-state index contributed by atoms with van der Waals surface area (Å²) in [7, 11) is 0. The molecule has 0 unspecified atom stereocenters. The van der Waals surface area contributed by atoms with E-state index in [2.05, 4.69) is 17.2 Å². The van der Waals surface area contributed by atoms with Crippen molar-refractivity contribution in [1.82, 2.24) is 15.2 Å². The van der Waals surface area contributed by atoms with Crippen LogP contribution < -0.4 is 10.9 Å². The van der Waals surface area contributed by atoms with Gasteiger partial charge in [0.15, 0.2) is 0 Å². The zero-order chi connectivity index (χ0) is 25.4. The van der Waals surface area contributed by atoms with E-state index in [1.54, 1.807) is 11.3 Å². The highest BCUT2D eigenvalue weighted by atomic mass is 32.1. The quantitative estimate of drug-likeness (QED) is 0.509. The Morgan fingerprint density at radius 1 is 1.21 bits per heavy atom. The molecule has 0 aromatic carbocycles. The number of carbonyl (C=O) groups excluding carboxylic acids is 1. The van der Waals surface area contributed by atoms with Gasteiger partial charge in [0, 0.05) is 41.1 Å². The number of likely N-dealkylation sites (tertiary alicyclic amines) is 1. The molecule has 1 amide bonds. The van der Waals surface area contributed by atoms with Crippen LogP contribution in [0.2, 0.25) is 0 Å². The van der Waals surface area contributed by atoms with Crippen LogP contribution in [0.1, 0.15) is 77.7 Å². The molecule has 0 radical (unpaired) electrons. The Hall–Kier alpha value is -2.32. The Bertz CT molecular complexity index is 1060. The number of H-pyrrole nitrogens is 1. The number of piperidine rings is 1. The van der Waals surface area contributed by atoms with E-state index in [1.165, 1.54) is 11.1 Å². The molecule has 8 heteroatoms. The van der Waals surface area contributed by atoms with Gasteiger partial charge in [-0.3, -0.25) is 14.5 Å². The zero-order valence-corrected chi connectivity index (χ0v) is 21.9. The van der Waals surface area contributed by atoms with Gasteiger partial charge in [-0.25, -0.2) is 8.78 Å². The summed E-state index contributed by atoms with van der Waals surface area (Å²) in [6, 6.07) is 1.89. The number of pyridine rings is 1. The average molecular weight is 494 g/mol. The van der Waals surface area contributed by atoms with Crippen molar-refractivity contribution >= 4 is 22.8 Å². The number of hydrogen-bond acceptors (Lipinski definition) is 4. The van der Waals surface area contributed by atoms with E-state index in [0.717, 1.165) is 41.0 Å². The number of aryl methyl sites for hydroxylation is 2. The van der Waals surface area contributed by atoms with Crippen LogP contribution in [0.25, 0.3) is 5.57 Å². The van der Waals surface area contributed by atoms with Crippen LogP contribution in [0.4, 0.5) is 8.78 Å². The van der Waals surface area contributed by atoms with Gasteiger partial charge in [-0.2, -0.15) is 0 Å². The molecule has 5 nitrogen and oxygen atoms in total. The predicted octanol–water partition coefficient (Wildman–Crippen LogP) is 5.84. The SMILES string of the molecule is CC.CCC(=C1CCN(CC(F)F)CC1)c1scc(C(=O)NCc2c(C)cc(C)[nH]c2=O)c1C. The normalized spacial score (nSPS) is 14.1. The number of alkyl halides is 2. The summed E-state index contributed by atoms with van der Waals surface area (Å²) in [5, 5.41) is 4.75. The monoisotopic (exact) mass is 493 g/mol. The molecule has 1 aliphatic rings. The van der Waals surface area contributed by atoms with E-state index in [1.807, 2.05) is 51.0 Å². The van der Waals surface area contributed by atoms with Crippen LogP contribution >= 0.6 is 11.3 Å². The van der Waals surface area contributed by atoms with Gasteiger partial charge in [0.05, 0.1) is 12.1 Å². The topological polar surface area (TPSA) is 65.2 Å². The van der Waals surface area contributed by atoms with Crippen LogP contribution in [0.5, 0.6) is 0 Å². The highest BCUT2D eigenvalue weighted by Crippen LogP contribution is 2.36. The van der Waals surface area contributed by atoms with Crippen LogP contribution in [0.15, 0.2) is 21.8 Å². The number of carbonyl (C=O) groups is 1. The summed E-state index contributed by atoms with van der Waals surface area (Å²) in [6.07, 6.45) is 0.102. The lowest BCUT2D eigenvalue weighted by molar-refractivity contribution is 0.0844. The molecule has 188 valence electrons. The lowest BCUT2D eigenvalue weighted by Crippen LogP contribution is -2.34. The molecule has 0 atom stereocenters. The number of amides is 1. The van der Waals surface area contributed by atoms with E-state index < -0.39 is 6.43 Å². The minimum atomic E-state index is -2.30. The maximum Gasteiger partial charge on any atom is 0.253 e. The average Bonchev–Trinajstić information content (AvgIpc) is 3.17. The number of halogens is 2. The van der Waals surface area contributed by atoms with E-state index >= 15 is 0 Å². The fourth-order valence-electron chi connectivity index (χ4n) is 4.38. The van der Waals surface area contributed by atoms with E-state index in [-0.39, 0.29) is 24.6 Å². The van der Waals surface area contributed by atoms with Gasteiger partial charge in [0.2, 0.25) is 0 Å². The second kappa shape index (κ2) is 13.0. The van der Waals surface area contributed by atoms with Crippen molar-refractivity contribution in [3.05, 3.63) is 60.2 Å². The number of nitrogens with one attached hydrogen (secondary N) is 2. The number of hydrogen-bond donors (Lipinski definition) is 2. The fraction of sp³-hybridized carbons (Fsp3) is 0.538. The van der Waals surface area contributed by atoms with Crippen molar-refractivity contribution in [3.63, 3.8) is 0 Å². The van der Waals surface area contributed by atoms with Gasteiger partial charge in [-0.05, 0) is 62.8 Å². The van der Waals surface area contributed by atoms with E-state index in [4.69, 9.17) is 0 Å². The van der Waals surface area contributed by atoms with E-state index in [0.29, 0.717) is 24.2 Å². The molecule has 2 aromatic heterocycles. The Morgan fingerprint density at radius 3 is 2.41 bits per heavy atom. The minimum absolute atomic E-state index is 0.166. The molecule has 1 fully saturated rings. The van der Waals surface area contributed by atoms with Crippen molar-refractivity contribution in [1.29, 1.82) is 0 Å². The van der Waals surface area contributed by atoms with Crippen molar-refractivity contribution in [2.45, 2.75) is 73.8 Å². The molecule has 34 heavy (non-hydrogen) atoms. The molecule has 0 spiro atoms. The van der Waals surface area contributed by atoms with Gasteiger partial charge < -0.3 is 10.3 Å². The lowest BCUT2D eigenvalue weighted by atomic mass is 9.93. The highest BCUT2D eigenvalue weighted by Gasteiger charge is 2.23. The molecule has 0 saturated carbocycles. The first-order valence-electron chi connectivity index (χ1n) is 12.0. The number of thiophene rings is 1. The van der Waals surface area contributed by atoms with Gasteiger partial charge in [-0.15, -0.1) is 11.3 Å². The number of aromatic amines is 1. The molecular weight excluding hydrogens is 456 g/mol. The fourth-order valence-corrected chi connectivity index (χ4v) is 5.61. The first-order chi connectivity index (χ1) is 16.2. The molecule has 1 aliphatic heterocycles. The predicted molar refractivity (Wildman–Crippen MR) is 137 cm³/mol. The third-order valence-electron chi connectivity index (χ3n) is 6.11. The molecule has 3 rings (SSSR count). The Kier molecular flexibility index (Phi) is 10.6. The summed E-state index contributed by atoms with van der Waals surface area (Å²) >= 11 is 1.55. The summed E-state index contributed by atoms with van der Waals surface area (Å²) < 4.78 is 25.3. The maximum atomic E-state index is 12.9. The Balaban J connectivity index is 0.00000199. The Morgan fingerprint density at radius 2 is 1.85 bits per heavy atom. The van der Waals surface area contributed by atoms with Crippen LogP contribution in [-0.2, 0) is 6.54 Å². The zero-order valence-electron chi connectivity index (χ0n) is 21.1. The van der Waals surface area contributed by atoms with Crippen LogP contribution in [0.3, 0.4) is 0 Å². The highest BCUT2D eigenvalue weighted by molar-refractivity contribution is 7.11. The summed E-state index contributed by atoms with van der Waals surface area (Å²) in [6.45, 7) is 13.0. The van der Waals surface area contributed by atoms with Gasteiger partial charge in [-0.1, -0.05) is 26.3 Å². The van der Waals surface area contributed by atoms with Crippen LogP contribution in [-0.4, -0.2) is 41.9 Å². The number of nitrogens with zero attached hydrogens (tertiary/aromatic N) is 1. The third-order valence-corrected chi connectivity index (χ3v) is 7.26. The van der Waals surface area contributed by atoms with Gasteiger partial charge >= 0.3 is 0 Å². The standard InChI is InChI=1S/C24H31F2N3O2S.C2H6/c1-5-18(17-6-8-29(9-7-17)12-21(25)26)22-16(4)20(13-32-22)23(30)27-11-19-14(2)10-15(3)28-24(19)31;1-2/h10,13,21H,5-9,11-12H2,1-4H3,(H,27,30)(H,28,31);1-2H3. The molecule has 3 heterocycles. The van der Waals surface area contributed by atoms with Crippen molar-refractivity contribution in [2.75, 3.05) is 19.6 Å². The van der Waals surface area contributed by atoms with Crippen molar-refractivity contribution in [3.8, 4) is 0 Å². The lowest BCUT2D eigenvalue weighted by Gasteiger charge is -2.29. The largest absolute Gasteiger partial charge is 0.348 e. The molecule has 1 saturated heterocycles. The molecule has 2 N–H and O–H groups in total. The molecular formula is C26H37F2N3O2S. The first-order valence-corrected chi connectivity index (χ1v) is 12.9. The van der Waals surface area contributed by atoms with Crippen LogP contribution in [0, 0.1) is 20.8 Å². The second-order valence-corrected chi connectivity index (χ2v) is 9.24. The van der Waals surface area contributed by atoms with Gasteiger partial charge in [0.25, 0.3) is 17.9 Å². The molecule has 2 aromatic rings. The summed E-state index contributed by atoms with van der Waals surface area (Å²) in [5.41, 5.74) is 6.11. The second-order valence-electron chi connectivity index (χ2n) is 8.36. The Labute approximate surface area is 205 Å². The van der Waals surface area contributed by atoms with Crippen molar-refractivity contribution in [2.24, 2.45) is 0 Å². The number of aromatic nitrogens is 1. The van der Waals surface area contributed by atoms with Crippen molar-refractivity contribution < 1.29 is 13.6 Å². The maximum absolute atomic E-state index is 12.9. The minimum Gasteiger partial charge on any atom is -0.348 e.